The molecule has 0 amide bonds. The van der Waals surface area contributed by atoms with Gasteiger partial charge in [-0.3, -0.25) is 3.53 Å². The molecule has 1 N–H and O–H groups in total. The van der Waals surface area contributed by atoms with E-state index in [1.54, 1.807) is 0 Å². The minimum absolute atomic E-state index is 0.737. The lowest BCUT2D eigenvalue weighted by Crippen LogP contribution is -2.17. The highest BCUT2D eigenvalue weighted by Gasteiger charge is 1.98. The molecule has 1 unspecified atom stereocenters. The van der Waals surface area contributed by atoms with E-state index in [-0.39, 0.29) is 0 Å². The summed E-state index contributed by atoms with van der Waals surface area (Å²) in [4.78, 5) is 0. The molecular formula is C6H14IN. The Morgan fingerprint density at radius 3 is 2.25 bits per heavy atom. The van der Waals surface area contributed by atoms with Crippen molar-refractivity contribution >= 4 is 22.9 Å². The quantitative estimate of drug-likeness (QED) is 0.574. The van der Waals surface area contributed by atoms with E-state index >= 15 is 0 Å². The number of halogens is 1. The Balaban J connectivity index is 3.07. The highest BCUT2D eigenvalue weighted by Crippen LogP contribution is 2.01. The molecule has 0 bridgehead atoms. The van der Waals surface area contributed by atoms with Gasteiger partial charge in [0.15, 0.2) is 0 Å². The second-order valence-corrected chi connectivity index (χ2v) is 2.63. The molecule has 50 valence electrons. The third-order valence-corrected chi connectivity index (χ3v) is 2.17. The molecule has 0 heterocycles. The van der Waals surface area contributed by atoms with Crippen LogP contribution in [0.15, 0.2) is 0 Å². The van der Waals surface area contributed by atoms with Gasteiger partial charge in [-0.1, -0.05) is 20.3 Å². The molecule has 1 nitrogen and oxygen atoms in total. The Morgan fingerprint density at radius 1 is 1.50 bits per heavy atom. The first-order chi connectivity index (χ1) is 3.85. The van der Waals surface area contributed by atoms with Crippen molar-refractivity contribution in [2.75, 3.05) is 0 Å². The first-order valence-electron chi connectivity index (χ1n) is 3.21. The smallest absolute Gasteiger partial charge is 0.0172 e. The van der Waals surface area contributed by atoms with Crippen LogP contribution >= 0.6 is 22.9 Å². The van der Waals surface area contributed by atoms with Crippen molar-refractivity contribution in [1.29, 1.82) is 0 Å². The summed E-state index contributed by atoms with van der Waals surface area (Å²) in [7, 11) is 0. The Kier molecular flexibility index (Phi) is 6.32. The Labute approximate surface area is 65.7 Å². The fourth-order valence-electron chi connectivity index (χ4n) is 0.684. The summed E-state index contributed by atoms with van der Waals surface area (Å²) in [6.07, 6.45) is 3.84. The molecule has 0 aromatic heterocycles. The van der Waals surface area contributed by atoms with Gasteiger partial charge in [-0.15, -0.1) is 0 Å². The van der Waals surface area contributed by atoms with Gasteiger partial charge in [0.1, 0.15) is 0 Å². The van der Waals surface area contributed by atoms with E-state index in [1.807, 2.05) is 0 Å². The number of hydrogen-bond acceptors (Lipinski definition) is 1. The molecule has 0 aliphatic rings. The summed E-state index contributed by atoms with van der Waals surface area (Å²) < 4.78 is 3.22. The minimum Gasteiger partial charge on any atom is -0.258 e. The monoisotopic (exact) mass is 227 g/mol. The van der Waals surface area contributed by atoms with Gasteiger partial charge in [-0.2, -0.15) is 0 Å². The van der Waals surface area contributed by atoms with Crippen LogP contribution in [-0.2, 0) is 0 Å². The second-order valence-electron chi connectivity index (χ2n) is 2.00. The Bertz CT molecular complexity index is 43.8. The molecular weight excluding hydrogens is 213 g/mol. The van der Waals surface area contributed by atoms with E-state index in [9.17, 15) is 0 Å². The number of hydrogen-bond donors (Lipinski definition) is 1. The third-order valence-electron chi connectivity index (χ3n) is 1.28. The van der Waals surface area contributed by atoms with Crippen LogP contribution in [-0.4, -0.2) is 6.04 Å². The van der Waals surface area contributed by atoms with E-state index in [2.05, 4.69) is 40.2 Å². The van der Waals surface area contributed by atoms with Crippen molar-refractivity contribution in [3.8, 4) is 0 Å². The molecule has 0 spiro atoms. The van der Waals surface area contributed by atoms with E-state index in [0.29, 0.717) is 0 Å². The van der Waals surface area contributed by atoms with Gasteiger partial charge in [0.25, 0.3) is 0 Å². The van der Waals surface area contributed by atoms with Crippen LogP contribution in [0.25, 0.3) is 0 Å². The van der Waals surface area contributed by atoms with Crippen molar-refractivity contribution in [2.24, 2.45) is 0 Å². The minimum atomic E-state index is 0.737. The summed E-state index contributed by atoms with van der Waals surface area (Å²) in [6.45, 7) is 4.43. The van der Waals surface area contributed by atoms with Gasteiger partial charge in [0, 0.05) is 28.9 Å². The van der Waals surface area contributed by atoms with Gasteiger partial charge >= 0.3 is 0 Å². The van der Waals surface area contributed by atoms with E-state index in [4.69, 9.17) is 0 Å². The predicted octanol–water partition coefficient (Wildman–Crippen LogP) is 2.50. The van der Waals surface area contributed by atoms with Crippen LogP contribution in [0.3, 0.4) is 0 Å². The maximum Gasteiger partial charge on any atom is 0.0172 e. The molecule has 0 aromatic rings. The van der Waals surface area contributed by atoms with Crippen LogP contribution in [0.4, 0.5) is 0 Å². The molecule has 0 saturated heterocycles. The zero-order valence-corrected chi connectivity index (χ0v) is 7.73. The maximum atomic E-state index is 3.22. The van der Waals surface area contributed by atoms with Gasteiger partial charge in [0.05, 0.1) is 0 Å². The second kappa shape index (κ2) is 5.82. The van der Waals surface area contributed by atoms with Gasteiger partial charge in [-0.25, -0.2) is 0 Å². The Hall–Kier alpha value is 0.690. The Morgan fingerprint density at radius 2 is 2.12 bits per heavy atom. The fourth-order valence-corrected chi connectivity index (χ4v) is 1.44. The summed E-state index contributed by atoms with van der Waals surface area (Å²) >= 11 is 2.22. The summed E-state index contributed by atoms with van der Waals surface area (Å²) in [5, 5.41) is 0. The van der Waals surface area contributed by atoms with Crippen molar-refractivity contribution in [3.05, 3.63) is 0 Å². The van der Waals surface area contributed by atoms with Crippen LogP contribution in [0.2, 0.25) is 0 Å². The summed E-state index contributed by atoms with van der Waals surface area (Å²) in [5.41, 5.74) is 0. The largest absolute Gasteiger partial charge is 0.258 e. The summed E-state index contributed by atoms with van der Waals surface area (Å²) in [5.74, 6) is 0. The zero-order chi connectivity index (χ0) is 6.41. The van der Waals surface area contributed by atoms with Crippen molar-refractivity contribution in [1.82, 2.24) is 3.53 Å². The third kappa shape index (κ3) is 3.66. The molecule has 0 fully saturated rings. The molecule has 0 aliphatic carbocycles. The van der Waals surface area contributed by atoms with Gasteiger partial charge < -0.3 is 0 Å². The summed E-state index contributed by atoms with van der Waals surface area (Å²) in [6, 6.07) is 0.737. The normalized spacial score (nSPS) is 13.9. The first kappa shape index (κ1) is 8.69. The molecule has 0 rings (SSSR count). The number of nitrogens with one attached hydrogen (secondary N) is 1. The van der Waals surface area contributed by atoms with Gasteiger partial charge in [-0.05, 0) is 12.8 Å². The van der Waals surface area contributed by atoms with Crippen LogP contribution in [0.5, 0.6) is 0 Å². The van der Waals surface area contributed by atoms with Crippen LogP contribution in [0, 0.1) is 0 Å². The average Bonchev–Trinajstić information content (AvgIpc) is 1.83. The lowest BCUT2D eigenvalue weighted by Gasteiger charge is -2.08. The number of rotatable bonds is 4. The molecule has 0 saturated carbocycles. The predicted molar refractivity (Wildman–Crippen MR) is 46.1 cm³/mol. The lowest BCUT2D eigenvalue weighted by molar-refractivity contribution is 0.566. The van der Waals surface area contributed by atoms with Crippen LogP contribution < -0.4 is 3.53 Å². The average molecular weight is 227 g/mol. The van der Waals surface area contributed by atoms with Crippen LogP contribution in [0.1, 0.15) is 33.1 Å². The SMILES string of the molecule is CCCC(CC)NI. The van der Waals surface area contributed by atoms with E-state index in [0.717, 1.165) is 6.04 Å². The lowest BCUT2D eigenvalue weighted by atomic mass is 10.1. The van der Waals surface area contributed by atoms with Crippen molar-refractivity contribution in [3.63, 3.8) is 0 Å². The van der Waals surface area contributed by atoms with Gasteiger partial charge in [0.2, 0.25) is 0 Å². The van der Waals surface area contributed by atoms with E-state index in [1.165, 1.54) is 19.3 Å². The molecule has 0 aromatic carbocycles. The topological polar surface area (TPSA) is 12.0 Å². The maximum absolute atomic E-state index is 3.22. The van der Waals surface area contributed by atoms with E-state index < -0.39 is 0 Å². The molecule has 0 aliphatic heterocycles. The highest BCUT2D eigenvalue weighted by molar-refractivity contribution is 14.1. The molecule has 8 heavy (non-hydrogen) atoms. The standard InChI is InChI=1S/C6H14IN/c1-3-5-6(4-2)8-7/h6,8H,3-5H2,1-2H3. The van der Waals surface area contributed by atoms with Crippen molar-refractivity contribution < 1.29 is 0 Å². The first-order valence-corrected chi connectivity index (χ1v) is 4.29. The van der Waals surface area contributed by atoms with Crippen molar-refractivity contribution in [2.45, 2.75) is 39.2 Å². The highest BCUT2D eigenvalue weighted by atomic mass is 127. The fraction of sp³-hybridized carbons (Fsp3) is 1.00. The zero-order valence-electron chi connectivity index (χ0n) is 5.58. The molecule has 1 atom stereocenters. The molecule has 2 heteroatoms. The molecule has 0 radical (unpaired) electrons.